The first-order valence-corrected chi connectivity index (χ1v) is 8.20. The Hall–Kier alpha value is -4.23. The molecule has 3 rings (SSSR count). The van der Waals surface area contributed by atoms with Crippen LogP contribution in [0.2, 0.25) is 0 Å². The van der Waals surface area contributed by atoms with Crippen LogP contribution in [0.15, 0.2) is 40.9 Å². The van der Waals surface area contributed by atoms with E-state index in [-0.39, 0.29) is 35.0 Å². The lowest BCUT2D eigenvalue weighted by Gasteiger charge is -2.08. The van der Waals surface area contributed by atoms with E-state index in [1.165, 1.54) is 31.4 Å². The zero-order valence-corrected chi connectivity index (χ0v) is 15.1. The van der Waals surface area contributed by atoms with Gasteiger partial charge in [0, 0.05) is 12.8 Å². The van der Waals surface area contributed by atoms with E-state index in [0.717, 1.165) is 6.07 Å². The van der Waals surface area contributed by atoms with Crippen LogP contribution in [0.25, 0.3) is 11.0 Å². The Morgan fingerprint density at radius 2 is 2.00 bits per heavy atom. The molecule has 3 aromatic rings. The number of hydrogen-bond donors (Lipinski definition) is 3. The number of nitrogens with zero attached hydrogens (tertiary/aromatic N) is 2. The monoisotopic (exact) mass is 394 g/mol. The molecule has 1 aromatic heterocycles. The molecule has 0 unspecified atom stereocenters. The number of hydrogen-bond acceptors (Lipinski definition) is 7. The first kappa shape index (κ1) is 19.5. The number of amides is 2. The second-order valence-corrected chi connectivity index (χ2v) is 5.85. The number of methoxy groups -OCH3 is 1. The van der Waals surface area contributed by atoms with Gasteiger partial charge in [0.1, 0.15) is 6.61 Å². The normalized spacial score (nSPS) is 10.3. The standard InChI is InChI=1S/C19H14N4O6/c1-28-9-16(24)21-11-3-5-15-13(7-11)17(23-29-15)18(25)22-14-4-2-10(8-20)6-12(14)19(26)27/h2-7H,9H2,1H3,(H,21,24)(H,22,25)(H,26,27). The largest absolute Gasteiger partial charge is 0.478 e. The van der Waals surface area contributed by atoms with Crippen LogP contribution in [0.1, 0.15) is 26.4 Å². The minimum atomic E-state index is -1.30. The molecule has 2 aromatic carbocycles. The van der Waals surface area contributed by atoms with Gasteiger partial charge in [0.15, 0.2) is 11.3 Å². The van der Waals surface area contributed by atoms with E-state index < -0.39 is 11.9 Å². The Balaban J connectivity index is 1.91. The molecule has 2 amide bonds. The minimum Gasteiger partial charge on any atom is -0.478 e. The highest BCUT2D eigenvalue weighted by Crippen LogP contribution is 2.25. The fraction of sp³-hybridized carbons (Fsp3) is 0.105. The van der Waals surface area contributed by atoms with Crippen LogP contribution >= 0.6 is 0 Å². The molecular formula is C19H14N4O6. The molecule has 0 spiro atoms. The number of benzene rings is 2. The van der Waals surface area contributed by atoms with Crippen LogP contribution in [-0.4, -0.2) is 41.8 Å². The first-order valence-electron chi connectivity index (χ1n) is 8.20. The maximum atomic E-state index is 12.7. The summed E-state index contributed by atoms with van der Waals surface area (Å²) < 4.78 is 9.87. The molecule has 3 N–H and O–H groups in total. The molecule has 1 heterocycles. The summed E-state index contributed by atoms with van der Waals surface area (Å²) >= 11 is 0. The van der Waals surface area contributed by atoms with Crippen LogP contribution in [0, 0.1) is 11.3 Å². The second-order valence-electron chi connectivity index (χ2n) is 5.85. The highest BCUT2D eigenvalue weighted by atomic mass is 16.5. The number of carbonyl (C=O) groups excluding carboxylic acids is 2. The number of nitrogens with one attached hydrogen (secondary N) is 2. The van der Waals surface area contributed by atoms with Crippen molar-refractivity contribution >= 4 is 40.1 Å². The van der Waals surface area contributed by atoms with E-state index in [1.54, 1.807) is 6.07 Å². The van der Waals surface area contributed by atoms with Crippen molar-refractivity contribution in [1.29, 1.82) is 5.26 Å². The van der Waals surface area contributed by atoms with Crippen LogP contribution in [0.3, 0.4) is 0 Å². The Bertz CT molecular complexity index is 1160. The van der Waals surface area contributed by atoms with Gasteiger partial charge in [-0.05, 0) is 36.4 Å². The molecule has 0 radical (unpaired) electrons. The Morgan fingerprint density at radius 1 is 1.21 bits per heavy atom. The van der Waals surface area contributed by atoms with Crippen molar-refractivity contribution in [2.45, 2.75) is 0 Å². The Kier molecular flexibility index (Phi) is 5.52. The average molecular weight is 394 g/mol. The van der Waals surface area contributed by atoms with Crippen molar-refractivity contribution in [2.24, 2.45) is 0 Å². The third-order valence-electron chi connectivity index (χ3n) is 3.87. The number of carboxylic acids is 1. The zero-order chi connectivity index (χ0) is 21.0. The SMILES string of the molecule is COCC(=O)Nc1ccc2onc(C(=O)Nc3ccc(C#N)cc3C(=O)O)c2c1. The van der Waals surface area contributed by atoms with Gasteiger partial charge in [0.25, 0.3) is 5.91 Å². The zero-order valence-electron chi connectivity index (χ0n) is 15.1. The van der Waals surface area contributed by atoms with Crippen molar-refractivity contribution in [3.8, 4) is 6.07 Å². The van der Waals surface area contributed by atoms with E-state index in [0.29, 0.717) is 16.7 Å². The number of carboxylic acid groups (broad SMARTS) is 1. The molecule has 0 saturated carbocycles. The minimum absolute atomic E-state index is 0.00204. The van der Waals surface area contributed by atoms with Gasteiger partial charge in [-0.1, -0.05) is 5.16 Å². The maximum absolute atomic E-state index is 12.7. The molecule has 0 atom stereocenters. The van der Waals surface area contributed by atoms with Crippen LogP contribution in [0.4, 0.5) is 11.4 Å². The molecule has 146 valence electrons. The van der Waals surface area contributed by atoms with Gasteiger partial charge in [-0.3, -0.25) is 9.59 Å². The molecule has 0 aliphatic carbocycles. The summed E-state index contributed by atoms with van der Waals surface area (Å²) in [6.07, 6.45) is 0. The van der Waals surface area contributed by atoms with Crippen LogP contribution in [0.5, 0.6) is 0 Å². The lowest BCUT2D eigenvalue weighted by Crippen LogP contribution is -2.17. The van der Waals surface area contributed by atoms with Gasteiger partial charge < -0.3 is 25.0 Å². The van der Waals surface area contributed by atoms with Crippen LogP contribution < -0.4 is 10.6 Å². The maximum Gasteiger partial charge on any atom is 0.337 e. The third kappa shape index (κ3) is 4.20. The fourth-order valence-electron chi connectivity index (χ4n) is 2.59. The summed E-state index contributed by atoms with van der Waals surface area (Å²) in [5, 5.41) is 27.4. The lowest BCUT2D eigenvalue weighted by atomic mass is 10.1. The van der Waals surface area contributed by atoms with Crippen molar-refractivity contribution < 1.29 is 28.8 Å². The Labute approximate surface area is 163 Å². The predicted octanol–water partition coefficient (Wildman–Crippen LogP) is 2.23. The van der Waals surface area contributed by atoms with E-state index >= 15 is 0 Å². The van der Waals surface area contributed by atoms with Crippen LogP contribution in [-0.2, 0) is 9.53 Å². The van der Waals surface area contributed by atoms with Gasteiger partial charge in [0.05, 0.1) is 28.3 Å². The number of anilines is 2. The third-order valence-corrected chi connectivity index (χ3v) is 3.87. The van der Waals surface area contributed by atoms with Gasteiger partial charge in [-0.25, -0.2) is 4.79 Å². The van der Waals surface area contributed by atoms with Gasteiger partial charge in [-0.15, -0.1) is 0 Å². The summed E-state index contributed by atoms with van der Waals surface area (Å²) in [5.74, 6) is -2.39. The number of ether oxygens (including phenoxy) is 1. The van der Waals surface area contributed by atoms with Gasteiger partial charge in [0.2, 0.25) is 5.91 Å². The quantitative estimate of drug-likeness (QED) is 0.575. The fourth-order valence-corrected chi connectivity index (χ4v) is 2.59. The smallest absolute Gasteiger partial charge is 0.337 e. The van der Waals surface area contributed by atoms with Crippen molar-refractivity contribution in [2.75, 3.05) is 24.4 Å². The summed E-state index contributed by atoms with van der Waals surface area (Å²) in [6.45, 7) is -0.133. The van der Waals surface area contributed by atoms with Crippen molar-refractivity contribution in [1.82, 2.24) is 5.16 Å². The molecule has 0 aliphatic rings. The molecule has 0 fully saturated rings. The molecule has 0 saturated heterocycles. The average Bonchev–Trinajstić information content (AvgIpc) is 3.11. The topological polar surface area (TPSA) is 155 Å². The highest BCUT2D eigenvalue weighted by molar-refractivity contribution is 6.13. The Morgan fingerprint density at radius 3 is 2.69 bits per heavy atom. The molecular weight excluding hydrogens is 380 g/mol. The summed E-state index contributed by atoms with van der Waals surface area (Å²) in [5.41, 5.74) is 0.520. The summed E-state index contributed by atoms with van der Waals surface area (Å²) in [4.78, 5) is 35.7. The van der Waals surface area contributed by atoms with E-state index in [4.69, 9.17) is 14.5 Å². The second kappa shape index (κ2) is 8.20. The molecule has 0 bridgehead atoms. The molecule has 0 aliphatic heterocycles. The number of nitriles is 1. The first-order chi connectivity index (χ1) is 13.9. The number of aromatic carboxylic acids is 1. The number of rotatable bonds is 6. The predicted molar refractivity (Wildman–Crippen MR) is 101 cm³/mol. The van der Waals surface area contributed by atoms with Crippen molar-refractivity contribution in [3.63, 3.8) is 0 Å². The summed E-state index contributed by atoms with van der Waals surface area (Å²) in [7, 11) is 1.39. The van der Waals surface area contributed by atoms with Crippen molar-refractivity contribution in [3.05, 3.63) is 53.2 Å². The number of aromatic nitrogens is 1. The number of fused-ring (bicyclic) bond motifs is 1. The summed E-state index contributed by atoms with van der Waals surface area (Å²) in [6, 6.07) is 10.3. The molecule has 10 heteroatoms. The van der Waals surface area contributed by atoms with E-state index in [9.17, 15) is 19.5 Å². The van der Waals surface area contributed by atoms with E-state index in [2.05, 4.69) is 15.8 Å². The molecule has 29 heavy (non-hydrogen) atoms. The van der Waals surface area contributed by atoms with Gasteiger partial charge in [-0.2, -0.15) is 5.26 Å². The molecule has 10 nitrogen and oxygen atoms in total. The highest BCUT2D eigenvalue weighted by Gasteiger charge is 2.20. The van der Waals surface area contributed by atoms with E-state index in [1.807, 2.05) is 6.07 Å². The number of carbonyl (C=O) groups is 3. The van der Waals surface area contributed by atoms with Gasteiger partial charge >= 0.3 is 5.97 Å². The lowest BCUT2D eigenvalue weighted by molar-refractivity contribution is -0.119.